The molecular formula is C34H32O12S2. The molecule has 48 heavy (non-hydrogen) atoms. The molecule has 4 aromatic carbocycles. The van der Waals surface area contributed by atoms with Crippen LogP contribution in [0.4, 0.5) is 0 Å². The second kappa shape index (κ2) is 14.8. The molecule has 5 rings (SSSR count). The normalized spacial score (nSPS) is 21.3. The van der Waals surface area contributed by atoms with Crippen LogP contribution in [0.2, 0.25) is 0 Å². The molecule has 5 atom stereocenters. The van der Waals surface area contributed by atoms with E-state index >= 15 is 0 Å². The molecule has 252 valence electrons. The van der Waals surface area contributed by atoms with Crippen LogP contribution in [0.5, 0.6) is 0 Å². The van der Waals surface area contributed by atoms with E-state index in [0.29, 0.717) is 0 Å². The van der Waals surface area contributed by atoms with Gasteiger partial charge in [-0.1, -0.05) is 71.8 Å². The average molecular weight is 697 g/mol. The zero-order valence-electron chi connectivity index (χ0n) is 25.7. The van der Waals surface area contributed by atoms with Crippen molar-refractivity contribution in [1.82, 2.24) is 0 Å². The summed E-state index contributed by atoms with van der Waals surface area (Å²) < 4.78 is 81.1. The topological polar surface area (TPSA) is 169 Å². The van der Waals surface area contributed by atoms with E-state index in [1.165, 1.54) is 60.7 Å². The predicted octanol–water partition coefficient (Wildman–Crippen LogP) is 3.95. The highest BCUT2D eigenvalue weighted by Crippen LogP contribution is 2.32. The molecule has 12 nitrogen and oxygen atoms in total. The maximum atomic E-state index is 13.6. The average Bonchev–Trinajstić information content (AvgIpc) is 3.07. The van der Waals surface area contributed by atoms with Gasteiger partial charge in [0.2, 0.25) is 0 Å². The fourth-order valence-corrected chi connectivity index (χ4v) is 6.80. The Morgan fingerprint density at radius 1 is 0.625 bits per heavy atom. The third-order valence-electron chi connectivity index (χ3n) is 7.36. The largest absolute Gasteiger partial charge is 0.452 e. The predicted molar refractivity (Wildman–Crippen MR) is 170 cm³/mol. The van der Waals surface area contributed by atoms with E-state index in [1.807, 2.05) is 0 Å². The standard InChI is InChI=1S/C34H32O12S2/c1-22-13-17-26(18-14-22)47(38,39)42-21-28-29(46-48(40,41)27-19-15-23(2)16-20-27)30(44-32(35)24-9-5-3-6-10-24)31(34(37)43-28)45-33(36)25-11-7-4-8-12-25/h3-20,28-31,34,37H,21H2,1-2H3/t28-,29-,30+,31-,34+/m0/s1. The number of ether oxygens (including phenoxy) is 3. The molecule has 4 aromatic rings. The number of aliphatic hydroxyl groups excluding tert-OH is 1. The fourth-order valence-electron chi connectivity index (χ4n) is 4.77. The van der Waals surface area contributed by atoms with Crippen LogP contribution < -0.4 is 0 Å². The number of rotatable bonds is 11. The van der Waals surface area contributed by atoms with Crippen molar-refractivity contribution in [2.45, 2.75) is 54.3 Å². The number of esters is 2. The van der Waals surface area contributed by atoms with Gasteiger partial charge in [-0.25, -0.2) is 9.59 Å². The van der Waals surface area contributed by atoms with Crippen LogP contribution in [0.25, 0.3) is 0 Å². The van der Waals surface area contributed by atoms with Gasteiger partial charge in [-0.05, 0) is 62.4 Å². The van der Waals surface area contributed by atoms with Crippen molar-refractivity contribution in [2.75, 3.05) is 6.61 Å². The molecule has 0 aromatic heterocycles. The van der Waals surface area contributed by atoms with E-state index in [2.05, 4.69) is 0 Å². The lowest BCUT2D eigenvalue weighted by Crippen LogP contribution is -2.62. The molecule has 0 saturated carbocycles. The molecule has 0 unspecified atom stereocenters. The number of carbonyl (C=O) groups excluding carboxylic acids is 2. The maximum absolute atomic E-state index is 13.6. The molecule has 0 amide bonds. The van der Waals surface area contributed by atoms with E-state index in [4.69, 9.17) is 22.6 Å². The molecule has 0 radical (unpaired) electrons. The Morgan fingerprint density at radius 2 is 1.06 bits per heavy atom. The molecule has 1 heterocycles. The summed E-state index contributed by atoms with van der Waals surface area (Å²) in [6.45, 7) is 2.63. The first-order valence-corrected chi connectivity index (χ1v) is 17.5. The van der Waals surface area contributed by atoms with Crippen LogP contribution in [0, 0.1) is 13.8 Å². The van der Waals surface area contributed by atoms with Crippen molar-refractivity contribution in [2.24, 2.45) is 0 Å². The summed E-state index contributed by atoms with van der Waals surface area (Å²) in [7, 11) is -9.10. The van der Waals surface area contributed by atoms with Gasteiger partial charge in [0.25, 0.3) is 20.2 Å². The van der Waals surface area contributed by atoms with Gasteiger partial charge in [0.15, 0.2) is 18.5 Å². The molecular weight excluding hydrogens is 664 g/mol. The summed E-state index contributed by atoms with van der Waals surface area (Å²) in [5, 5.41) is 11.1. The molecule has 0 aliphatic carbocycles. The van der Waals surface area contributed by atoms with Gasteiger partial charge < -0.3 is 19.3 Å². The van der Waals surface area contributed by atoms with Crippen molar-refractivity contribution < 1.29 is 54.1 Å². The molecule has 14 heteroatoms. The minimum Gasteiger partial charge on any atom is -0.452 e. The lowest BCUT2D eigenvalue weighted by molar-refractivity contribution is -0.278. The summed E-state index contributed by atoms with van der Waals surface area (Å²) in [6, 6.07) is 26.7. The molecule has 1 saturated heterocycles. The smallest absolute Gasteiger partial charge is 0.338 e. The number of aliphatic hydroxyl groups is 1. The highest BCUT2D eigenvalue weighted by atomic mass is 32.2. The maximum Gasteiger partial charge on any atom is 0.338 e. The number of hydrogen-bond donors (Lipinski definition) is 1. The van der Waals surface area contributed by atoms with Gasteiger partial charge in [0.1, 0.15) is 12.2 Å². The van der Waals surface area contributed by atoms with Crippen molar-refractivity contribution in [3.63, 3.8) is 0 Å². The number of hydrogen-bond acceptors (Lipinski definition) is 12. The van der Waals surface area contributed by atoms with E-state index in [0.717, 1.165) is 11.1 Å². The second-order valence-corrected chi connectivity index (χ2v) is 14.1. The Hall–Kier alpha value is -4.44. The van der Waals surface area contributed by atoms with E-state index < -0.39 is 69.5 Å². The minimum absolute atomic E-state index is 0.0431. The summed E-state index contributed by atoms with van der Waals surface area (Å²) in [4.78, 5) is 26.0. The van der Waals surface area contributed by atoms with Crippen LogP contribution >= 0.6 is 0 Å². The summed E-state index contributed by atoms with van der Waals surface area (Å²) in [5.74, 6) is -1.94. The number of aryl methyl sites for hydroxylation is 2. The number of carbonyl (C=O) groups is 2. The first-order valence-electron chi connectivity index (χ1n) is 14.7. The van der Waals surface area contributed by atoms with E-state index in [1.54, 1.807) is 62.4 Å². The Balaban J connectivity index is 1.54. The van der Waals surface area contributed by atoms with E-state index in [9.17, 15) is 31.5 Å². The molecule has 1 aliphatic rings. The van der Waals surface area contributed by atoms with Gasteiger partial charge >= 0.3 is 11.9 Å². The SMILES string of the molecule is Cc1ccc(S(=O)(=O)OC[C@@H]2O[C@@H](O)[C@@H](OC(=O)c3ccccc3)[C@H](OC(=O)c3ccccc3)[C@H]2OS(=O)(=O)c2ccc(C)cc2)cc1. The molecule has 1 aliphatic heterocycles. The van der Waals surface area contributed by atoms with Crippen molar-refractivity contribution in [3.05, 3.63) is 131 Å². The molecule has 1 N–H and O–H groups in total. The lowest BCUT2D eigenvalue weighted by atomic mass is 9.98. The van der Waals surface area contributed by atoms with Gasteiger partial charge in [-0.2, -0.15) is 16.8 Å². The minimum atomic E-state index is -4.67. The summed E-state index contributed by atoms with van der Waals surface area (Å²) in [6.07, 6.45) is -9.34. The quantitative estimate of drug-likeness (QED) is 0.177. The van der Waals surface area contributed by atoms with Gasteiger partial charge in [0, 0.05) is 0 Å². The Bertz CT molecular complexity index is 1930. The zero-order valence-corrected chi connectivity index (χ0v) is 27.4. The fraction of sp³-hybridized carbons (Fsp3) is 0.235. The highest BCUT2D eigenvalue weighted by Gasteiger charge is 2.53. The van der Waals surface area contributed by atoms with Gasteiger partial charge in [-0.15, -0.1) is 0 Å². The molecule has 0 spiro atoms. The monoisotopic (exact) mass is 696 g/mol. The lowest BCUT2D eigenvalue weighted by Gasteiger charge is -2.42. The van der Waals surface area contributed by atoms with Crippen LogP contribution in [0.15, 0.2) is 119 Å². The van der Waals surface area contributed by atoms with Gasteiger partial charge in [-0.3, -0.25) is 8.37 Å². The Kier molecular flexibility index (Phi) is 10.7. The van der Waals surface area contributed by atoms with Crippen molar-refractivity contribution >= 4 is 32.2 Å². The Labute approximate surface area is 278 Å². The van der Waals surface area contributed by atoms with E-state index in [-0.39, 0.29) is 20.9 Å². The highest BCUT2D eigenvalue weighted by molar-refractivity contribution is 7.87. The zero-order chi connectivity index (χ0) is 34.5. The van der Waals surface area contributed by atoms with Crippen molar-refractivity contribution in [1.29, 1.82) is 0 Å². The first kappa shape index (κ1) is 34.9. The van der Waals surface area contributed by atoms with Crippen LogP contribution in [0.3, 0.4) is 0 Å². The molecule has 0 bridgehead atoms. The summed E-state index contributed by atoms with van der Waals surface area (Å²) >= 11 is 0. The van der Waals surface area contributed by atoms with Crippen LogP contribution in [-0.4, -0.2) is 71.2 Å². The third-order valence-corrected chi connectivity index (χ3v) is 9.98. The molecule has 1 fully saturated rings. The van der Waals surface area contributed by atoms with Crippen LogP contribution in [0.1, 0.15) is 31.8 Å². The summed E-state index contributed by atoms with van der Waals surface area (Å²) in [5.41, 5.74) is 1.66. The first-order chi connectivity index (χ1) is 22.8. The van der Waals surface area contributed by atoms with Crippen molar-refractivity contribution in [3.8, 4) is 0 Å². The van der Waals surface area contributed by atoms with Gasteiger partial charge in [0.05, 0.1) is 27.5 Å². The number of benzene rings is 4. The third kappa shape index (κ3) is 8.34. The Morgan fingerprint density at radius 3 is 1.54 bits per heavy atom. The second-order valence-electron chi connectivity index (χ2n) is 10.9. The van der Waals surface area contributed by atoms with Crippen LogP contribution in [-0.2, 0) is 42.8 Å².